The summed E-state index contributed by atoms with van der Waals surface area (Å²) in [6.07, 6.45) is -4.47. The molecule has 1 N–H and O–H groups in total. The number of rotatable bonds is 5. The van der Waals surface area contributed by atoms with E-state index in [0.717, 1.165) is 24.3 Å². The SMILES string of the molecule is O=C(CNC(=O)c1ccc(C(F)(F)F)cc1)OCc1cccc(Cl)c1. The summed E-state index contributed by atoms with van der Waals surface area (Å²) in [4.78, 5) is 23.4. The Kier molecular flexibility index (Phi) is 6.03. The predicted molar refractivity (Wildman–Crippen MR) is 85.0 cm³/mol. The molecular weight excluding hydrogens is 359 g/mol. The summed E-state index contributed by atoms with van der Waals surface area (Å²) in [6.45, 7) is -0.407. The molecule has 4 nitrogen and oxygen atoms in total. The number of carbonyl (C=O) groups excluding carboxylic acids is 2. The summed E-state index contributed by atoms with van der Waals surface area (Å²) in [6, 6.07) is 10.4. The van der Waals surface area contributed by atoms with Crippen LogP contribution in [0.5, 0.6) is 0 Å². The maximum atomic E-state index is 12.5. The third-order valence-corrected chi connectivity index (χ3v) is 3.39. The molecule has 0 unspecified atom stereocenters. The molecule has 0 saturated carbocycles. The predicted octanol–water partition coefficient (Wildman–Crippen LogP) is 3.83. The lowest BCUT2D eigenvalue weighted by Gasteiger charge is -2.09. The molecule has 0 fully saturated rings. The Morgan fingerprint density at radius 2 is 1.76 bits per heavy atom. The van der Waals surface area contributed by atoms with E-state index in [4.69, 9.17) is 16.3 Å². The van der Waals surface area contributed by atoms with Crippen molar-refractivity contribution in [1.82, 2.24) is 5.32 Å². The van der Waals surface area contributed by atoms with Gasteiger partial charge in [-0.2, -0.15) is 13.2 Å². The zero-order valence-corrected chi connectivity index (χ0v) is 13.5. The Morgan fingerprint density at radius 3 is 2.36 bits per heavy atom. The fourth-order valence-electron chi connectivity index (χ4n) is 1.91. The van der Waals surface area contributed by atoms with Gasteiger partial charge in [-0.3, -0.25) is 9.59 Å². The molecule has 2 rings (SSSR count). The van der Waals surface area contributed by atoms with Crippen molar-refractivity contribution in [3.8, 4) is 0 Å². The van der Waals surface area contributed by atoms with E-state index in [1.54, 1.807) is 24.3 Å². The molecule has 0 aliphatic rings. The van der Waals surface area contributed by atoms with Crippen molar-refractivity contribution in [2.75, 3.05) is 6.54 Å². The molecule has 1 amide bonds. The molecule has 2 aromatic rings. The first kappa shape index (κ1) is 18.8. The summed E-state index contributed by atoms with van der Waals surface area (Å²) in [5, 5.41) is 2.79. The monoisotopic (exact) mass is 371 g/mol. The molecule has 25 heavy (non-hydrogen) atoms. The van der Waals surface area contributed by atoms with E-state index in [2.05, 4.69) is 5.32 Å². The van der Waals surface area contributed by atoms with Crippen LogP contribution in [0.15, 0.2) is 48.5 Å². The molecule has 0 heterocycles. The van der Waals surface area contributed by atoms with E-state index in [0.29, 0.717) is 10.6 Å². The number of amides is 1. The third-order valence-electron chi connectivity index (χ3n) is 3.16. The van der Waals surface area contributed by atoms with Gasteiger partial charge in [-0.25, -0.2) is 0 Å². The van der Waals surface area contributed by atoms with Crippen molar-refractivity contribution >= 4 is 23.5 Å². The van der Waals surface area contributed by atoms with E-state index in [1.165, 1.54) is 0 Å². The van der Waals surface area contributed by atoms with Gasteiger partial charge in [-0.15, -0.1) is 0 Å². The van der Waals surface area contributed by atoms with Crippen molar-refractivity contribution in [1.29, 1.82) is 0 Å². The normalized spacial score (nSPS) is 11.0. The molecule has 8 heteroatoms. The lowest BCUT2D eigenvalue weighted by atomic mass is 10.1. The minimum absolute atomic E-state index is 0.00442. The first-order chi connectivity index (χ1) is 11.8. The minimum Gasteiger partial charge on any atom is -0.460 e. The maximum Gasteiger partial charge on any atom is 0.416 e. The van der Waals surface area contributed by atoms with Crippen molar-refractivity contribution in [3.63, 3.8) is 0 Å². The van der Waals surface area contributed by atoms with E-state index >= 15 is 0 Å². The van der Waals surface area contributed by atoms with Crippen molar-refractivity contribution in [3.05, 3.63) is 70.2 Å². The number of alkyl halides is 3. The topological polar surface area (TPSA) is 55.4 Å². The number of ether oxygens (including phenoxy) is 1. The molecule has 0 aliphatic carbocycles. The Labute approximate surface area is 146 Å². The molecule has 0 spiro atoms. The fourth-order valence-corrected chi connectivity index (χ4v) is 2.12. The van der Waals surface area contributed by atoms with Gasteiger partial charge in [0.1, 0.15) is 13.2 Å². The standard InChI is InChI=1S/C17H13ClF3NO3/c18-14-3-1-2-11(8-14)10-25-15(23)9-22-16(24)12-4-6-13(7-5-12)17(19,20)21/h1-8H,9-10H2,(H,22,24). The van der Waals surface area contributed by atoms with E-state index in [-0.39, 0.29) is 12.2 Å². The fraction of sp³-hybridized carbons (Fsp3) is 0.176. The number of nitrogens with one attached hydrogen (secondary N) is 1. The Bertz CT molecular complexity index is 760. The van der Waals surface area contributed by atoms with Crippen LogP contribution in [0.3, 0.4) is 0 Å². The summed E-state index contributed by atoms with van der Waals surface area (Å²) in [5.74, 6) is -1.35. The zero-order chi connectivity index (χ0) is 18.4. The number of benzene rings is 2. The lowest BCUT2D eigenvalue weighted by Crippen LogP contribution is -2.30. The van der Waals surface area contributed by atoms with Crippen LogP contribution in [0.4, 0.5) is 13.2 Å². The summed E-state index contributed by atoms with van der Waals surface area (Å²) in [5.41, 5.74) is -0.157. The Hall–Kier alpha value is -2.54. The summed E-state index contributed by atoms with van der Waals surface area (Å²) >= 11 is 5.80. The smallest absolute Gasteiger partial charge is 0.416 e. The van der Waals surface area contributed by atoms with E-state index in [1.807, 2.05) is 0 Å². The van der Waals surface area contributed by atoms with Crippen LogP contribution in [-0.2, 0) is 22.3 Å². The molecule has 0 aliphatic heterocycles. The van der Waals surface area contributed by atoms with Crippen molar-refractivity contribution in [2.24, 2.45) is 0 Å². The van der Waals surface area contributed by atoms with Crippen LogP contribution >= 0.6 is 11.6 Å². The number of hydrogen-bond donors (Lipinski definition) is 1. The summed E-state index contributed by atoms with van der Waals surface area (Å²) in [7, 11) is 0. The quantitative estimate of drug-likeness (QED) is 0.813. The summed E-state index contributed by atoms with van der Waals surface area (Å²) < 4.78 is 42.3. The average Bonchev–Trinajstić information content (AvgIpc) is 2.57. The van der Waals surface area contributed by atoms with Crippen LogP contribution in [-0.4, -0.2) is 18.4 Å². The van der Waals surface area contributed by atoms with Crippen LogP contribution in [0, 0.1) is 0 Å². The van der Waals surface area contributed by atoms with Crippen LogP contribution in [0.1, 0.15) is 21.5 Å². The number of hydrogen-bond acceptors (Lipinski definition) is 3. The van der Waals surface area contributed by atoms with E-state index in [9.17, 15) is 22.8 Å². The third kappa shape index (κ3) is 5.79. The highest BCUT2D eigenvalue weighted by molar-refractivity contribution is 6.30. The first-order valence-electron chi connectivity index (χ1n) is 7.11. The van der Waals surface area contributed by atoms with Crippen LogP contribution in [0.25, 0.3) is 0 Å². The van der Waals surface area contributed by atoms with Crippen molar-refractivity contribution < 1.29 is 27.5 Å². The first-order valence-corrected chi connectivity index (χ1v) is 7.49. The van der Waals surface area contributed by atoms with Gasteiger partial charge < -0.3 is 10.1 Å². The highest BCUT2D eigenvalue weighted by Gasteiger charge is 2.30. The van der Waals surface area contributed by atoms with Gasteiger partial charge in [0, 0.05) is 10.6 Å². The van der Waals surface area contributed by atoms with Gasteiger partial charge in [-0.1, -0.05) is 23.7 Å². The van der Waals surface area contributed by atoms with Gasteiger partial charge in [0.25, 0.3) is 5.91 Å². The molecule has 0 radical (unpaired) electrons. The van der Waals surface area contributed by atoms with Crippen molar-refractivity contribution in [2.45, 2.75) is 12.8 Å². The lowest BCUT2D eigenvalue weighted by molar-refractivity contribution is -0.143. The zero-order valence-electron chi connectivity index (χ0n) is 12.8. The molecule has 2 aromatic carbocycles. The van der Waals surface area contributed by atoms with Gasteiger partial charge in [-0.05, 0) is 42.0 Å². The molecule has 0 saturated heterocycles. The second-order valence-corrected chi connectivity index (χ2v) is 5.48. The highest BCUT2D eigenvalue weighted by Crippen LogP contribution is 2.29. The maximum absolute atomic E-state index is 12.5. The molecular formula is C17H13ClF3NO3. The van der Waals surface area contributed by atoms with Gasteiger partial charge in [0.15, 0.2) is 0 Å². The van der Waals surface area contributed by atoms with Crippen LogP contribution in [0.2, 0.25) is 5.02 Å². The molecule has 132 valence electrons. The van der Waals surface area contributed by atoms with Gasteiger partial charge in [0.2, 0.25) is 0 Å². The number of esters is 1. The highest BCUT2D eigenvalue weighted by atomic mass is 35.5. The molecule has 0 bridgehead atoms. The van der Waals surface area contributed by atoms with Gasteiger partial charge in [0.05, 0.1) is 5.56 Å². The number of halogens is 4. The van der Waals surface area contributed by atoms with Crippen LogP contribution < -0.4 is 5.32 Å². The Morgan fingerprint density at radius 1 is 1.08 bits per heavy atom. The van der Waals surface area contributed by atoms with E-state index < -0.39 is 30.2 Å². The Balaban J connectivity index is 1.82. The molecule has 0 atom stereocenters. The second-order valence-electron chi connectivity index (χ2n) is 5.05. The van der Waals surface area contributed by atoms with Gasteiger partial charge >= 0.3 is 12.1 Å². The molecule has 0 aromatic heterocycles. The number of carbonyl (C=O) groups is 2. The minimum atomic E-state index is -4.47. The average molecular weight is 372 g/mol. The second kappa shape index (κ2) is 8.02. The largest absolute Gasteiger partial charge is 0.460 e.